The zero-order valence-corrected chi connectivity index (χ0v) is 20.5. The Morgan fingerprint density at radius 3 is 1.73 bits per heavy atom. The van der Waals surface area contributed by atoms with Gasteiger partial charge in [0.2, 0.25) is 5.76 Å². The van der Waals surface area contributed by atoms with Crippen molar-refractivity contribution < 1.29 is 24.5 Å². The molecule has 1 heterocycles. The molecule has 30 heavy (non-hydrogen) atoms. The van der Waals surface area contributed by atoms with Crippen LogP contribution in [-0.2, 0) is 14.3 Å². The summed E-state index contributed by atoms with van der Waals surface area (Å²) < 4.78 is 10.4. The lowest BCUT2D eigenvalue weighted by Crippen LogP contribution is -2.29. The first-order chi connectivity index (χ1) is 14.6. The number of cyclic esters (lactones) is 1. The monoisotopic (exact) mass is 490 g/mol. The third kappa shape index (κ3) is 11.6. The fraction of sp³-hybridized carbons (Fsp3) is 0.875. The van der Waals surface area contributed by atoms with Gasteiger partial charge in [-0.2, -0.15) is 0 Å². The van der Waals surface area contributed by atoms with E-state index in [0.717, 1.165) is 12.8 Å². The lowest BCUT2D eigenvalue weighted by molar-refractivity contribution is -0.146. The van der Waals surface area contributed by atoms with Gasteiger partial charge < -0.3 is 19.7 Å². The van der Waals surface area contributed by atoms with Crippen molar-refractivity contribution in [3.63, 3.8) is 0 Å². The molecule has 1 aliphatic heterocycles. The molecule has 0 fully saturated rings. The van der Waals surface area contributed by atoms with E-state index >= 15 is 0 Å². The van der Waals surface area contributed by atoms with Gasteiger partial charge in [-0.3, -0.25) is 0 Å². The second-order valence-corrected chi connectivity index (χ2v) is 9.06. The molecule has 0 aromatic carbocycles. The van der Waals surface area contributed by atoms with Gasteiger partial charge in [0.05, 0.1) is 6.61 Å². The third-order valence-electron chi connectivity index (χ3n) is 5.67. The molecular formula is C24H43BrO5. The molecule has 0 unspecified atom stereocenters. The predicted molar refractivity (Wildman–Crippen MR) is 125 cm³/mol. The lowest BCUT2D eigenvalue weighted by atomic mass is 10.0. The quantitative estimate of drug-likeness (QED) is 0.112. The van der Waals surface area contributed by atoms with Gasteiger partial charge in [0.1, 0.15) is 6.10 Å². The zero-order valence-electron chi connectivity index (χ0n) is 18.9. The van der Waals surface area contributed by atoms with Gasteiger partial charge in [0, 0.05) is 5.33 Å². The summed E-state index contributed by atoms with van der Waals surface area (Å²) in [6.07, 6.45) is 18.8. The number of hydrogen-bond donors (Lipinski definition) is 2. The van der Waals surface area contributed by atoms with Crippen LogP contribution in [0.4, 0.5) is 0 Å². The van der Waals surface area contributed by atoms with Crippen LogP contribution in [0.5, 0.6) is 0 Å². The summed E-state index contributed by atoms with van der Waals surface area (Å²) >= 11 is 3.10. The van der Waals surface area contributed by atoms with Gasteiger partial charge in [0.25, 0.3) is 0 Å². The van der Waals surface area contributed by atoms with Crippen LogP contribution in [0.2, 0.25) is 0 Å². The predicted octanol–water partition coefficient (Wildman–Crippen LogP) is 6.72. The highest BCUT2D eigenvalue weighted by atomic mass is 79.9. The van der Waals surface area contributed by atoms with E-state index in [4.69, 9.17) is 9.47 Å². The second-order valence-electron chi connectivity index (χ2n) is 8.41. The number of ether oxygens (including phenoxy) is 2. The molecule has 176 valence electrons. The molecule has 0 amide bonds. The fourth-order valence-corrected chi connectivity index (χ4v) is 4.10. The summed E-state index contributed by atoms with van der Waals surface area (Å²) in [5, 5.41) is 19.9. The number of carbonyl (C=O) groups excluding carboxylic acids is 1. The van der Waals surface area contributed by atoms with Crippen LogP contribution in [0, 0.1) is 0 Å². The largest absolute Gasteiger partial charge is 0.505 e. The summed E-state index contributed by atoms with van der Waals surface area (Å²) in [4.78, 5) is 11.7. The Balaban J connectivity index is 1.89. The first kappa shape index (κ1) is 27.3. The van der Waals surface area contributed by atoms with Crippen LogP contribution in [0.1, 0.15) is 110 Å². The minimum atomic E-state index is -1.03. The topological polar surface area (TPSA) is 76.0 Å². The summed E-state index contributed by atoms with van der Waals surface area (Å²) in [5.41, 5.74) is 0. The average Bonchev–Trinajstić information content (AvgIpc) is 3.03. The van der Waals surface area contributed by atoms with E-state index < -0.39 is 18.2 Å². The first-order valence-electron chi connectivity index (χ1n) is 12.1. The SMILES string of the molecule is CCCCCCCCCCCCCCCCCCOC1=C(O)[C@@H]([C@@H](O)CBr)OC1=O. The Bertz CT molecular complexity index is 480. The molecule has 0 bridgehead atoms. The number of esters is 1. The van der Waals surface area contributed by atoms with Gasteiger partial charge in [-0.1, -0.05) is 119 Å². The molecule has 0 aromatic heterocycles. The maximum Gasteiger partial charge on any atom is 0.378 e. The van der Waals surface area contributed by atoms with Crippen LogP contribution < -0.4 is 0 Å². The van der Waals surface area contributed by atoms with Gasteiger partial charge in [-0.15, -0.1) is 0 Å². The fourth-order valence-electron chi connectivity index (χ4n) is 3.76. The van der Waals surface area contributed by atoms with Gasteiger partial charge in [-0.05, 0) is 6.42 Å². The molecule has 0 radical (unpaired) electrons. The maximum atomic E-state index is 11.7. The van der Waals surface area contributed by atoms with Crippen molar-refractivity contribution in [1.29, 1.82) is 0 Å². The number of unbranched alkanes of at least 4 members (excludes halogenated alkanes) is 15. The van der Waals surface area contributed by atoms with Crippen molar-refractivity contribution in [2.45, 2.75) is 122 Å². The molecule has 5 nitrogen and oxygen atoms in total. The van der Waals surface area contributed by atoms with E-state index in [2.05, 4.69) is 22.9 Å². The molecule has 1 rings (SSSR count). The van der Waals surface area contributed by atoms with Crippen molar-refractivity contribution in [1.82, 2.24) is 0 Å². The van der Waals surface area contributed by atoms with Crippen molar-refractivity contribution in [3.8, 4) is 0 Å². The Morgan fingerprint density at radius 1 is 0.867 bits per heavy atom. The summed E-state index contributed by atoms with van der Waals surface area (Å²) in [5.74, 6) is -1.15. The summed E-state index contributed by atoms with van der Waals surface area (Å²) in [7, 11) is 0. The minimum absolute atomic E-state index is 0.152. The molecule has 0 spiro atoms. The van der Waals surface area contributed by atoms with Crippen LogP contribution >= 0.6 is 15.9 Å². The van der Waals surface area contributed by atoms with Crippen LogP contribution in [0.3, 0.4) is 0 Å². The van der Waals surface area contributed by atoms with Crippen molar-refractivity contribution in [2.75, 3.05) is 11.9 Å². The molecule has 1 aliphatic rings. The summed E-state index contributed by atoms with van der Waals surface area (Å²) in [6.45, 7) is 2.65. The number of hydrogen-bond acceptors (Lipinski definition) is 5. The number of aliphatic hydroxyl groups excluding tert-OH is 2. The Kier molecular flexibility index (Phi) is 16.3. The van der Waals surface area contributed by atoms with Crippen molar-refractivity contribution >= 4 is 21.9 Å². The van der Waals surface area contributed by atoms with E-state index in [1.165, 1.54) is 89.9 Å². The summed E-state index contributed by atoms with van der Waals surface area (Å²) in [6, 6.07) is 0. The van der Waals surface area contributed by atoms with Gasteiger partial charge in [0.15, 0.2) is 11.9 Å². The standard InChI is InChI=1S/C24H43BrO5/c1-2-3-4-5-6-7-8-9-10-11-12-13-14-15-16-17-18-29-23-21(27)22(20(26)19-25)30-24(23)28/h20,22,26-27H,2-19H2,1H3/t20-,22+/m0/s1. The van der Waals surface area contributed by atoms with E-state index in [1.807, 2.05) is 0 Å². The first-order valence-corrected chi connectivity index (χ1v) is 13.2. The van der Waals surface area contributed by atoms with E-state index in [1.54, 1.807) is 0 Å². The normalized spacial score (nSPS) is 17.4. The highest BCUT2D eigenvalue weighted by Gasteiger charge is 2.40. The second kappa shape index (κ2) is 17.9. The number of carbonyl (C=O) groups is 1. The van der Waals surface area contributed by atoms with Crippen molar-refractivity contribution in [3.05, 3.63) is 11.5 Å². The van der Waals surface area contributed by atoms with Crippen LogP contribution in [-0.4, -0.2) is 40.3 Å². The molecule has 0 aromatic rings. The minimum Gasteiger partial charge on any atom is -0.505 e. The highest BCUT2D eigenvalue weighted by molar-refractivity contribution is 9.09. The molecule has 0 saturated carbocycles. The van der Waals surface area contributed by atoms with Gasteiger partial charge in [-0.25, -0.2) is 4.79 Å². The van der Waals surface area contributed by atoms with Gasteiger partial charge >= 0.3 is 5.97 Å². The number of halogens is 1. The van der Waals surface area contributed by atoms with Crippen LogP contribution in [0.25, 0.3) is 0 Å². The molecular weight excluding hydrogens is 448 g/mol. The third-order valence-corrected chi connectivity index (χ3v) is 6.34. The zero-order chi connectivity index (χ0) is 22.0. The Labute approximate surface area is 191 Å². The van der Waals surface area contributed by atoms with E-state index in [9.17, 15) is 15.0 Å². The van der Waals surface area contributed by atoms with Crippen molar-refractivity contribution in [2.24, 2.45) is 0 Å². The average molecular weight is 492 g/mol. The van der Waals surface area contributed by atoms with E-state index in [-0.39, 0.29) is 16.8 Å². The Morgan fingerprint density at radius 2 is 1.30 bits per heavy atom. The number of rotatable bonds is 20. The molecule has 0 saturated heterocycles. The molecule has 0 aliphatic carbocycles. The number of aliphatic hydroxyl groups is 2. The smallest absolute Gasteiger partial charge is 0.378 e. The maximum absolute atomic E-state index is 11.7. The molecule has 2 N–H and O–H groups in total. The Hall–Kier alpha value is -0.750. The lowest BCUT2D eigenvalue weighted by Gasteiger charge is -2.13. The number of alkyl halides is 1. The van der Waals surface area contributed by atoms with Crippen LogP contribution in [0.15, 0.2) is 11.5 Å². The van der Waals surface area contributed by atoms with E-state index in [0.29, 0.717) is 6.61 Å². The molecule has 6 heteroatoms. The molecule has 2 atom stereocenters. The highest BCUT2D eigenvalue weighted by Crippen LogP contribution is 2.25.